The number of para-hydroxylation sites is 1. The van der Waals surface area contributed by atoms with E-state index in [1.54, 1.807) is 36.7 Å². The molecule has 7 nitrogen and oxygen atoms in total. The van der Waals surface area contributed by atoms with Gasteiger partial charge in [-0.3, -0.25) is 14.0 Å². The van der Waals surface area contributed by atoms with Gasteiger partial charge >= 0.3 is 5.97 Å². The molecule has 32 heavy (non-hydrogen) atoms. The molecular formula is C24H16N2O5S. The van der Waals surface area contributed by atoms with E-state index < -0.39 is 5.97 Å². The zero-order valence-electron chi connectivity index (χ0n) is 16.9. The molecule has 0 radical (unpaired) electrons. The Balaban J connectivity index is 1.53. The number of benzene rings is 2. The van der Waals surface area contributed by atoms with Crippen LogP contribution in [-0.2, 0) is 11.3 Å². The van der Waals surface area contributed by atoms with Crippen molar-refractivity contribution >= 4 is 33.2 Å². The van der Waals surface area contributed by atoms with Gasteiger partial charge in [-0.2, -0.15) is 0 Å². The van der Waals surface area contributed by atoms with Crippen molar-refractivity contribution in [1.29, 1.82) is 0 Å². The molecule has 2 aromatic carbocycles. The lowest BCUT2D eigenvalue weighted by Gasteiger charge is -2.10. The van der Waals surface area contributed by atoms with Gasteiger partial charge < -0.3 is 9.15 Å². The van der Waals surface area contributed by atoms with E-state index in [1.807, 2.05) is 30.3 Å². The summed E-state index contributed by atoms with van der Waals surface area (Å²) in [5.41, 5.74) is 1.37. The van der Waals surface area contributed by atoms with Crippen LogP contribution >= 0.6 is 11.3 Å². The van der Waals surface area contributed by atoms with Gasteiger partial charge in [-0.15, -0.1) is 11.3 Å². The van der Waals surface area contributed by atoms with E-state index >= 15 is 0 Å². The van der Waals surface area contributed by atoms with Crippen LogP contribution in [0.1, 0.15) is 21.6 Å². The second-order valence-corrected chi connectivity index (χ2v) is 8.02. The number of thiazole rings is 1. The molecule has 158 valence electrons. The maximum absolute atomic E-state index is 13.0. The standard InChI is InChI=1S/C24H16N2O5S/c1-14-20(28)17-8-5-9-18(22(17)31-21(14)15-6-3-2-4-7-15)23(29)30-13-16-12-19(27)26-10-11-32-24(26)25-16/h2-12H,13H2,1H3. The van der Waals surface area contributed by atoms with E-state index in [-0.39, 0.29) is 28.7 Å². The van der Waals surface area contributed by atoms with Crippen molar-refractivity contribution in [2.45, 2.75) is 13.5 Å². The van der Waals surface area contributed by atoms with Crippen LogP contribution in [0.4, 0.5) is 0 Å². The number of hydrogen-bond acceptors (Lipinski definition) is 7. The van der Waals surface area contributed by atoms with Crippen molar-refractivity contribution in [3.05, 3.63) is 104 Å². The highest BCUT2D eigenvalue weighted by Crippen LogP contribution is 2.27. The summed E-state index contributed by atoms with van der Waals surface area (Å²) in [7, 11) is 0. The molecule has 0 aliphatic heterocycles. The molecule has 3 aromatic heterocycles. The highest BCUT2D eigenvalue weighted by atomic mass is 32.1. The van der Waals surface area contributed by atoms with E-state index in [4.69, 9.17) is 9.15 Å². The fourth-order valence-corrected chi connectivity index (χ4v) is 4.25. The maximum atomic E-state index is 13.0. The summed E-state index contributed by atoms with van der Waals surface area (Å²) in [6.07, 6.45) is 1.63. The summed E-state index contributed by atoms with van der Waals surface area (Å²) in [5.74, 6) is -0.268. The number of fused-ring (bicyclic) bond motifs is 2. The lowest BCUT2D eigenvalue weighted by Crippen LogP contribution is -2.15. The minimum atomic E-state index is -0.671. The van der Waals surface area contributed by atoms with Crippen LogP contribution in [0.15, 0.2) is 80.2 Å². The average molecular weight is 444 g/mol. The fraction of sp³-hybridized carbons (Fsp3) is 0.0833. The van der Waals surface area contributed by atoms with E-state index in [1.165, 1.54) is 21.8 Å². The predicted molar refractivity (Wildman–Crippen MR) is 121 cm³/mol. The molecule has 5 aromatic rings. The molecule has 0 atom stereocenters. The molecule has 0 bridgehead atoms. The third-order valence-corrected chi connectivity index (χ3v) is 5.86. The van der Waals surface area contributed by atoms with Crippen LogP contribution in [0.5, 0.6) is 0 Å². The summed E-state index contributed by atoms with van der Waals surface area (Å²) in [4.78, 5) is 42.8. The average Bonchev–Trinajstić information content (AvgIpc) is 3.29. The number of aromatic nitrogens is 2. The monoisotopic (exact) mass is 444 g/mol. The van der Waals surface area contributed by atoms with Crippen LogP contribution in [0.25, 0.3) is 27.3 Å². The Morgan fingerprint density at radius 1 is 1.12 bits per heavy atom. The summed E-state index contributed by atoms with van der Waals surface area (Å²) >= 11 is 1.31. The van der Waals surface area contributed by atoms with Gasteiger partial charge in [-0.05, 0) is 19.1 Å². The Bertz CT molecular complexity index is 1600. The molecule has 0 aliphatic carbocycles. The zero-order chi connectivity index (χ0) is 22.2. The van der Waals surface area contributed by atoms with Gasteiger partial charge in [-0.25, -0.2) is 9.78 Å². The SMILES string of the molecule is Cc1c(-c2ccccc2)oc2c(C(=O)OCc3cc(=O)n4ccsc4n3)cccc2c1=O. The molecule has 0 N–H and O–H groups in total. The maximum Gasteiger partial charge on any atom is 0.342 e. The van der Waals surface area contributed by atoms with Gasteiger partial charge in [0.1, 0.15) is 17.9 Å². The Morgan fingerprint density at radius 3 is 2.75 bits per heavy atom. The number of nitrogens with zero attached hydrogens (tertiary/aromatic N) is 2. The van der Waals surface area contributed by atoms with Crippen LogP contribution in [0, 0.1) is 6.92 Å². The second kappa shape index (κ2) is 7.90. The van der Waals surface area contributed by atoms with Crippen molar-refractivity contribution in [3.63, 3.8) is 0 Å². The van der Waals surface area contributed by atoms with Gasteiger partial charge in [0.25, 0.3) is 5.56 Å². The first-order valence-corrected chi connectivity index (χ1v) is 10.7. The number of carbonyl (C=O) groups is 1. The molecule has 5 rings (SSSR count). The minimum absolute atomic E-state index is 0.130. The van der Waals surface area contributed by atoms with Crippen LogP contribution in [0.3, 0.4) is 0 Å². The molecule has 0 spiro atoms. The van der Waals surface area contributed by atoms with Gasteiger partial charge in [0, 0.05) is 28.8 Å². The zero-order valence-corrected chi connectivity index (χ0v) is 17.7. The second-order valence-electron chi connectivity index (χ2n) is 7.15. The summed E-state index contributed by atoms with van der Waals surface area (Å²) in [6, 6.07) is 15.3. The quantitative estimate of drug-likeness (QED) is 0.386. The van der Waals surface area contributed by atoms with Gasteiger partial charge in [0.05, 0.1) is 11.1 Å². The highest BCUT2D eigenvalue weighted by molar-refractivity contribution is 7.15. The number of carbonyl (C=O) groups excluding carboxylic acids is 1. The highest BCUT2D eigenvalue weighted by Gasteiger charge is 2.19. The smallest absolute Gasteiger partial charge is 0.342 e. The molecule has 0 fully saturated rings. The Kier molecular flexibility index (Phi) is 4.91. The molecule has 0 amide bonds. The van der Waals surface area contributed by atoms with E-state index in [0.29, 0.717) is 27.4 Å². The summed E-state index contributed by atoms with van der Waals surface area (Å²) < 4.78 is 12.9. The first kappa shape index (κ1) is 19.9. The molecule has 0 aliphatic rings. The van der Waals surface area contributed by atoms with Gasteiger partial charge in [0.2, 0.25) is 0 Å². The number of ether oxygens (including phenoxy) is 1. The molecule has 0 unspecified atom stereocenters. The third-order valence-electron chi connectivity index (χ3n) is 5.11. The van der Waals surface area contributed by atoms with Crippen molar-refractivity contribution in [3.8, 4) is 11.3 Å². The lowest BCUT2D eigenvalue weighted by molar-refractivity contribution is 0.0469. The number of esters is 1. The first-order valence-electron chi connectivity index (χ1n) is 9.77. The minimum Gasteiger partial charge on any atom is -0.455 e. The lowest BCUT2D eigenvalue weighted by atomic mass is 10.0. The van der Waals surface area contributed by atoms with Crippen molar-refractivity contribution in [2.75, 3.05) is 0 Å². The fourth-order valence-electron chi connectivity index (χ4n) is 3.51. The molecule has 0 saturated carbocycles. The molecular weight excluding hydrogens is 428 g/mol. The van der Waals surface area contributed by atoms with Gasteiger partial charge in [-0.1, -0.05) is 36.4 Å². The van der Waals surface area contributed by atoms with Crippen LogP contribution in [0.2, 0.25) is 0 Å². The number of hydrogen-bond donors (Lipinski definition) is 0. The van der Waals surface area contributed by atoms with E-state index in [2.05, 4.69) is 4.98 Å². The summed E-state index contributed by atoms with van der Waals surface area (Å²) in [5, 5.41) is 2.05. The Labute approximate surface area is 185 Å². The van der Waals surface area contributed by atoms with Crippen molar-refractivity contribution in [2.24, 2.45) is 0 Å². The molecule has 3 heterocycles. The predicted octanol–water partition coefficient (Wildman–Crippen LogP) is 4.19. The largest absolute Gasteiger partial charge is 0.455 e. The van der Waals surface area contributed by atoms with E-state index in [0.717, 1.165) is 5.56 Å². The Morgan fingerprint density at radius 2 is 1.94 bits per heavy atom. The van der Waals surface area contributed by atoms with E-state index in [9.17, 15) is 14.4 Å². The molecule has 0 saturated heterocycles. The number of rotatable bonds is 4. The van der Waals surface area contributed by atoms with Gasteiger partial charge in [0.15, 0.2) is 16.0 Å². The topological polar surface area (TPSA) is 90.9 Å². The van der Waals surface area contributed by atoms with Crippen molar-refractivity contribution < 1.29 is 13.9 Å². The van der Waals surface area contributed by atoms with Crippen LogP contribution < -0.4 is 11.0 Å². The first-order chi connectivity index (χ1) is 15.5. The third kappa shape index (κ3) is 3.40. The van der Waals surface area contributed by atoms with Crippen LogP contribution in [-0.4, -0.2) is 15.4 Å². The normalized spacial score (nSPS) is 11.2. The summed E-state index contributed by atoms with van der Waals surface area (Å²) in [6.45, 7) is 1.52. The van der Waals surface area contributed by atoms with Crippen molar-refractivity contribution in [1.82, 2.24) is 9.38 Å². The Hall–Kier alpha value is -4.04. The molecule has 8 heteroatoms.